The van der Waals surface area contributed by atoms with E-state index < -0.39 is 13.8 Å². The summed E-state index contributed by atoms with van der Waals surface area (Å²) in [6, 6.07) is 2.87. The van der Waals surface area contributed by atoms with Gasteiger partial charge in [-0.05, 0) is 0 Å². The predicted octanol–water partition coefficient (Wildman–Crippen LogP) is 2.59. The van der Waals surface area contributed by atoms with E-state index in [-0.39, 0.29) is 22.2 Å². The van der Waals surface area contributed by atoms with E-state index >= 15 is 0 Å². The normalized spacial score (nSPS) is 16.8. The van der Waals surface area contributed by atoms with Crippen molar-refractivity contribution < 1.29 is 17.9 Å². The van der Waals surface area contributed by atoms with Crippen molar-refractivity contribution in [2.75, 3.05) is 19.5 Å². The Morgan fingerprint density at radius 1 is 1.20 bits per heavy atom. The number of rotatable bonds is 2. The van der Waals surface area contributed by atoms with Crippen LogP contribution in [0.25, 0.3) is 0 Å². The first-order chi connectivity index (χ1) is 9.19. The average molecular weight is 360 g/mol. The van der Waals surface area contributed by atoms with Crippen molar-refractivity contribution in [2.45, 2.75) is 8.69 Å². The molecule has 0 saturated heterocycles. The molecule has 0 radical (unpaired) electrons. The maximum atomic E-state index is 12.2. The van der Waals surface area contributed by atoms with E-state index in [9.17, 15) is 8.42 Å². The molecule has 0 amide bonds. The van der Waals surface area contributed by atoms with Gasteiger partial charge in [-0.15, -0.1) is 4.40 Å². The quantitative estimate of drug-likeness (QED) is 0.821. The van der Waals surface area contributed by atoms with Gasteiger partial charge in [-0.2, -0.15) is 8.42 Å². The van der Waals surface area contributed by atoms with Crippen LogP contribution < -0.4 is 14.8 Å². The summed E-state index contributed by atoms with van der Waals surface area (Å²) in [7, 11) is -1.29. The molecule has 6 nitrogen and oxygen atoms in total. The number of hydrogen-bond donors (Lipinski definition) is 1. The van der Waals surface area contributed by atoms with Crippen LogP contribution >= 0.6 is 34.8 Å². The Hall–Kier alpha value is -0.890. The number of fused-ring (bicyclic) bond motifs is 1. The molecule has 10 heteroatoms. The zero-order chi connectivity index (χ0) is 15.1. The highest BCUT2D eigenvalue weighted by atomic mass is 35.6. The highest BCUT2D eigenvalue weighted by Crippen LogP contribution is 2.41. The van der Waals surface area contributed by atoms with Crippen LogP contribution in [0.2, 0.25) is 0 Å². The van der Waals surface area contributed by atoms with E-state index in [2.05, 4.69) is 9.71 Å². The molecule has 0 unspecified atom stereocenters. The van der Waals surface area contributed by atoms with Crippen LogP contribution in [0.3, 0.4) is 0 Å². The number of alkyl halides is 3. The average Bonchev–Trinajstić information content (AvgIpc) is 2.35. The van der Waals surface area contributed by atoms with Crippen molar-refractivity contribution in [2.24, 2.45) is 4.40 Å². The molecule has 0 atom stereocenters. The van der Waals surface area contributed by atoms with Gasteiger partial charge in [0.2, 0.25) is 3.79 Å². The molecule has 0 bridgehead atoms. The highest BCUT2D eigenvalue weighted by molar-refractivity contribution is 7.90. The topological polar surface area (TPSA) is 77.0 Å². The van der Waals surface area contributed by atoms with Gasteiger partial charge < -0.3 is 14.8 Å². The largest absolute Gasteiger partial charge is 0.497 e. The fourth-order valence-electron chi connectivity index (χ4n) is 1.64. The molecule has 1 heterocycles. The summed E-state index contributed by atoms with van der Waals surface area (Å²) in [6.45, 7) is 0. The summed E-state index contributed by atoms with van der Waals surface area (Å²) in [5.74, 6) is 0.151. The summed E-state index contributed by atoms with van der Waals surface area (Å²) in [4.78, 5) is -0.140. The van der Waals surface area contributed by atoms with Crippen molar-refractivity contribution in [3.63, 3.8) is 0 Å². The van der Waals surface area contributed by atoms with E-state index in [4.69, 9.17) is 44.3 Å². The summed E-state index contributed by atoms with van der Waals surface area (Å²) < 4.78 is 35.9. The smallest absolute Gasteiger partial charge is 0.289 e. The molecule has 2 rings (SSSR count). The third-order valence-corrected chi connectivity index (χ3v) is 4.37. The summed E-state index contributed by atoms with van der Waals surface area (Å²) in [6.07, 6.45) is 0. The number of nitrogens with zero attached hydrogens (tertiary/aromatic N) is 1. The van der Waals surface area contributed by atoms with Crippen LogP contribution in [0.5, 0.6) is 11.5 Å². The molecule has 1 aliphatic heterocycles. The lowest BCUT2D eigenvalue weighted by molar-refractivity contribution is 0.387. The number of anilines is 1. The molecular formula is C10H9Cl3N2O4S. The third kappa shape index (κ3) is 2.76. The summed E-state index contributed by atoms with van der Waals surface area (Å²) in [5, 5.41) is 2.66. The van der Waals surface area contributed by atoms with Gasteiger partial charge in [-0.1, -0.05) is 34.8 Å². The Labute approximate surface area is 130 Å². The minimum atomic E-state index is -4.05. The molecule has 1 N–H and O–H groups in total. The van der Waals surface area contributed by atoms with Crippen molar-refractivity contribution in [3.8, 4) is 11.5 Å². The highest BCUT2D eigenvalue weighted by Gasteiger charge is 2.37. The van der Waals surface area contributed by atoms with Gasteiger partial charge in [0.1, 0.15) is 11.5 Å². The molecule has 0 aromatic heterocycles. The lowest BCUT2D eigenvalue weighted by Gasteiger charge is -2.23. The summed E-state index contributed by atoms with van der Waals surface area (Å²) >= 11 is 17.0. The van der Waals surface area contributed by atoms with E-state index in [1.165, 1.54) is 26.4 Å². The molecule has 1 aromatic carbocycles. The number of nitrogens with one attached hydrogen (secondary N) is 1. The van der Waals surface area contributed by atoms with Crippen molar-refractivity contribution in [1.29, 1.82) is 0 Å². The number of benzene rings is 1. The Bertz CT molecular complexity index is 682. The van der Waals surface area contributed by atoms with Gasteiger partial charge in [0.25, 0.3) is 10.0 Å². The molecule has 0 fully saturated rings. The van der Waals surface area contributed by atoms with E-state index in [1.54, 1.807) is 0 Å². The molecule has 20 heavy (non-hydrogen) atoms. The second kappa shape index (κ2) is 5.14. The Morgan fingerprint density at radius 3 is 2.35 bits per heavy atom. The van der Waals surface area contributed by atoms with Gasteiger partial charge in [0, 0.05) is 12.1 Å². The van der Waals surface area contributed by atoms with E-state index in [0.717, 1.165) is 0 Å². The molecule has 110 valence electrons. The van der Waals surface area contributed by atoms with E-state index in [1.807, 2.05) is 0 Å². The first-order valence-electron chi connectivity index (χ1n) is 5.14. The maximum Gasteiger partial charge on any atom is 0.289 e. The third-order valence-electron chi connectivity index (χ3n) is 2.47. The second-order valence-electron chi connectivity index (χ2n) is 3.74. The number of halogens is 3. The lowest BCUT2D eigenvalue weighted by Crippen LogP contribution is -2.32. The monoisotopic (exact) mass is 358 g/mol. The van der Waals surface area contributed by atoms with Crippen molar-refractivity contribution in [3.05, 3.63) is 12.1 Å². The number of ether oxygens (including phenoxy) is 2. The second-order valence-corrected chi connectivity index (χ2v) is 7.57. The zero-order valence-electron chi connectivity index (χ0n) is 10.3. The van der Waals surface area contributed by atoms with Crippen molar-refractivity contribution >= 4 is 56.3 Å². The van der Waals surface area contributed by atoms with Crippen LogP contribution in [0.1, 0.15) is 0 Å². The first-order valence-corrected chi connectivity index (χ1v) is 7.71. The Balaban J connectivity index is 2.70. The van der Waals surface area contributed by atoms with Crippen LogP contribution in [-0.2, 0) is 10.0 Å². The van der Waals surface area contributed by atoms with Crippen LogP contribution in [0, 0.1) is 0 Å². The lowest BCUT2D eigenvalue weighted by atomic mass is 10.2. The molecule has 1 aromatic rings. The SMILES string of the molecule is COc1cc2c(c(OC)c1)S(=O)(=O)N=C(C(Cl)(Cl)Cl)N2. The molecule has 0 spiro atoms. The predicted molar refractivity (Wildman–Crippen MR) is 78.1 cm³/mol. The minimum Gasteiger partial charge on any atom is -0.497 e. The fraction of sp³-hybridized carbons (Fsp3) is 0.300. The molecule has 1 aliphatic rings. The van der Waals surface area contributed by atoms with Gasteiger partial charge in [0.05, 0.1) is 19.9 Å². The Kier molecular flexibility index (Phi) is 3.98. The number of methoxy groups -OCH3 is 2. The standard InChI is InChI=1S/C10H9Cl3N2O4S/c1-18-5-3-6-8(7(4-5)19-2)20(16,17)15-9(14-6)10(11,12)13/h3-4H,1-2H3,(H,14,15). The van der Waals surface area contributed by atoms with Gasteiger partial charge in [-0.3, -0.25) is 0 Å². The number of hydrogen-bond acceptors (Lipinski definition) is 5. The molecular weight excluding hydrogens is 351 g/mol. The van der Waals surface area contributed by atoms with E-state index in [0.29, 0.717) is 5.75 Å². The van der Waals surface area contributed by atoms with Gasteiger partial charge in [0.15, 0.2) is 10.7 Å². The number of sulfonamides is 1. The van der Waals surface area contributed by atoms with Gasteiger partial charge in [-0.25, -0.2) is 0 Å². The minimum absolute atomic E-state index is 0.0824. The fourth-order valence-corrected chi connectivity index (χ4v) is 3.36. The van der Waals surface area contributed by atoms with Crippen LogP contribution in [-0.4, -0.2) is 32.3 Å². The van der Waals surface area contributed by atoms with Crippen LogP contribution in [0.15, 0.2) is 21.4 Å². The zero-order valence-corrected chi connectivity index (χ0v) is 13.4. The summed E-state index contributed by atoms with van der Waals surface area (Å²) in [5.41, 5.74) is 0.164. The first kappa shape index (κ1) is 15.5. The molecule has 0 aliphatic carbocycles. The van der Waals surface area contributed by atoms with Gasteiger partial charge >= 0.3 is 0 Å². The number of amidine groups is 1. The maximum absolute atomic E-state index is 12.2. The molecule has 0 saturated carbocycles. The van der Waals surface area contributed by atoms with Crippen molar-refractivity contribution in [1.82, 2.24) is 0 Å². The van der Waals surface area contributed by atoms with Crippen LogP contribution in [0.4, 0.5) is 5.69 Å². The Morgan fingerprint density at radius 2 is 1.85 bits per heavy atom.